The smallest absolute Gasteiger partial charge is 0.256 e. The van der Waals surface area contributed by atoms with Gasteiger partial charge in [0.25, 0.3) is 5.91 Å². The molecule has 5 heteroatoms. The minimum absolute atomic E-state index is 0.0998. The number of nitrogens with two attached hydrogens (primary N) is 1. The number of carbonyl (C=O) groups excluding carboxylic acids is 1. The third kappa shape index (κ3) is 2.68. The van der Waals surface area contributed by atoms with Gasteiger partial charge < -0.3 is 15.4 Å². The van der Waals surface area contributed by atoms with E-state index >= 15 is 0 Å². The van der Waals surface area contributed by atoms with Gasteiger partial charge in [-0.3, -0.25) is 4.79 Å². The number of rotatable bonds is 2. The Morgan fingerprint density at radius 3 is 2.94 bits per heavy atom. The summed E-state index contributed by atoms with van der Waals surface area (Å²) in [7, 11) is 0. The second-order valence-corrected chi connectivity index (χ2v) is 4.50. The highest BCUT2D eigenvalue weighted by atomic mass is 19.1. The van der Waals surface area contributed by atoms with Gasteiger partial charge in [-0.1, -0.05) is 12.1 Å². The molecule has 98 valence electrons. The third-order valence-electron chi connectivity index (χ3n) is 3.07. The van der Waals surface area contributed by atoms with Crippen LogP contribution in [0.1, 0.15) is 17.3 Å². The Morgan fingerprint density at radius 2 is 2.28 bits per heavy atom. The van der Waals surface area contributed by atoms with Crippen LogP contribution < -0.4 is 5.73 Å². The number of ether oxygens (including phenoxy) is 1. The normalized spacial score (nSPS) is 21.7. The first kappa shape index (κ1) is 13.0. The minimum Gasteiger partial charge on any atom is -0.373 e. The van der Waals surface area contributed by atoms with E-state index in [2.05, 4.69) is 0 Å². The minimum atomic E-state index is -0.494. The van der Waals surface area contributed by atoms with E-state index in [0.717, 1.165) is 0 Å². The molecule has 2 rings (SSSR count). The lowest BCUT2D eigenvalue weighted by Gasteiger charge is -2.34. The fourth-order valence-corrected chi connectivity index (χ4v) is 1.98. The van der Waals surface area contributed by atoms with E-state index in [0.29, 0.717) is 19.7 Å². The Bertz CT molecular complexity index is 437. The van der Waals surface area contributed by atoms with Gasteiger partial charge in [0.2, 0.25) is 0 Å². The highest BCUT2D eigenvalue weighted by molar-refractivity contribution is 5.94. The van der Waals surface area contributed by atoms with Crippen molar-refractivity contribution >= 4 is 5.91 Å². The Labute approximate surface area is 106 Å². The molecular weight excluding hydrogens is 235 g/mol. The van der Waals surface area contributed by atoms with Gasteiger partial charge in [0.15, 0.2) is 0 Å². The molecule has 0 saturated carbocycles. The van der Waals surface area contributed by atoms with E-state index in [1.807, 2.05) is 6.92 Å². The van der Waals surface area contributed by atoms with Crippen molar-refractivity contribution in [2.45, 2.75) is 19.1 Å². The number of halogens is 1. The molecule has 1 aromatic rings. The van der Waals surface area contributed by atoms with Crippen LogP contribution in [0.25, 0.3) is 0 Å². The van der Waals surface area contributed by atoms with Crippen molar-refractivity contribution in [1.29, 1.82) is 0 Å². The predicted molar refractivity (Wildman–Crippen MR) is 65.7 cm³/mol. The van der Waals surface area contributed by atoms with Crippen molar-refractivity contribution in [2.24, 2.45) is 5.73 Å². The second-order valence-electron chi connectivity index (χ2n) is 4.50. The monoisotopic (exact) mass is 252 g/mol. The zero-order chi connectivity index (χ0) is 13.1. The molecule has 0 aromatic heterocycles. The van der Waals surface area contributed by atoms with Gasteiger partial charge in [-0.2, -0.15) is 0 Å². The first-order valence-electron chi connectivity index (χ1n) is 6.00. The first-order valence-corrected chi connectivity index (χ1v) is 6.00. The molecule has 0 spiro atoms. The number of hydrogen-bond donors (Lipinski definition) is 1. The molecule has 0 radical (unpaired) electrons. The van der Waals surface area contributed by atoms with Crippen molar-refractivity contribution < 1.29 is 13.9 Å². The summed E-state index contributed by atoms with van der Waals surface area (Å²) in [6.07, 6.45) is -0.186. The molecule has 1 aliphatic rings. The van der Waals surface area contributed by atoms with E-state index in [1.165, 1.54) is 12.1 Å². The van der Waals surface area contributed by atoms with Crippen LogP contribution in [0.2, 0.25) is 0 Å². The molecule has 1 aromatic carbocycles. The van der Waals surface area contributed by atoms with E-state index in [4.69, 9.17) is 10.5 Å². The number of amides is 1. The maximum Gasteiger partial charge on any atom is 0.256 e. The van der Waals surface area contributed by atoms with Crippen molar-refractivity contribution in [3.8, 4) is 0 Å². The highest BCUT2D eigenvalue weighted by Gasteiger charge is 2.28. The van der Waals surface area contributed by atoms with E-state index in [9.17, 15) is 9.18 Å². The molecule has 1 fully saturated rings. The Kier molecular flexibility index (Phi) is 3.93. The van der Waals surface area contributed by atoms with Gasteiger partial charge in [-0.15, -0.1) is 0 Å². The lowest BCUT2D eigenvalue weighted by Crippen LogP contribution is -2.51. The summed E-state index contributed by atoms with van der Waals surface area (Å²) in [5.41, 5.74) is 5.86. The zero-order valence-electron chi connectivity index (χ0n) is 10.3. The molecular formula is C13H17FN2O2. The average Bonchev–Trinajstić information content (AvgIpc) is 2.38. The van der Waals surface area contributed by atoms with Gasteiger partial charge in [0, 0.05) is 19.1 Å². The lowest BCUT2D eigenvalue weighted by molar-refractivity contribution is -0.0301. The Morgan fingerprint density at radius 1 is 1.56 bits per heavy atom. The van der Waals surface area contributed by atoms with Crippen LogP contribution in [-0.2, 0) is 4.74 Å². The summed E-state index contributed by atoms with van der Waals surface area (Å²) in [6, 6.07) is 5.85. The molecule has 1 saturated heterocycles. The van der Waals surface area contributed by atoms with E-state index < -0.39 is 5.82 Å². The number of hydrogen-bond acceptors (Lipinski definition) is 3. The highest BCUT2D eigenvalue weighted by Crippen LogP contribution is 2.14. The summed E-state index contributed by atoms with van der Waals surface area (Å²) in [4.78, 5) is 13.8. The topological polar surface area (TPSA) is 55.6 Å². The molecule has 2 atom stereocenters. The first-order chi connectivity index (χ1) is 8.59. The van der Waals surface area contributed by atoms with Gasteiger partial charge >= 0.3 is 0 Å². The van der Waals surface area contributed by atoms with E-state index in [-0.39, 0.29) is 23.6 Å². The number of benzene rings is 1. The number of nitrogens with zero attached hydrogens (tertiary/aromatic N) is 1. The van der Waals surface area contributed by atoms with Gasteiger partial charge in [-0.05, 0) is 19.1 Å². The van der Waals surface area contributed by atoms with Crippen LogP contribution in [0.4, 0.5) is 4.39 Å². The van der Waals surface area contributed by atoms with Crippen LogP contribution in [0.15, 0.2) is 24.3 Å². The summed E-state index contributed by atoms with van der Waals surface area (Å²) < 4.78 is 19.0. The third-order valence-corrected chi connectivity index (χ3v) is 3.07. The molecule has 1 amide bonds. The van der Waals surface area contributed by atoms with Crippen LogP contribution >= 0.6 is 0 Å². The lowest BCUT2D eigenvalue weighted by atomic mass is 10.1. The molecule has 2 N–H and O–H groups in total. The predicted octanol–water partition coefficient (Wildman–Crippen LogP) is 1.01. The average molecular weight is 252 g/mol. The maximum atomic E-state index is 13.5. The molecule has 1 heterocycles. The summed E-state index contributed by atoms with van der Waals surface area (Å²) >= 11 is 0. The molecule has 0 bridgehead atoms. The molecule has 4 nitrogen and oxygen atoms in total. The van der Waals surface area contributed by atoms with Crippen molar-refractivity contribution in [1.82, 2.24) is 4.90 Å². The summed E-state index contributed by atoms with van der Waals surface area (Å²) in [5.74, 6) is -0.798. The van der Waals surface area contributed by atoms with Crippen molar-refractivity contribution in [2.75, 3.05) is 19.7 Å². The Hall–Kier alpha value is -1.46. The zero-order valence-corrected chi connectivity index (χ0v) is 10.3. The van der Waals surface area contributed by atoms with E-state index in [1.54, 1.807) is 17.0 Å². The molecule has 0 aliphatic carbocycles. The maximum absolute atomic E-state index is 13.5. The van der Waals surface area contributed by atoms with Crippen molar-refractivity contribution in [3.05, 3.63) is 35.6 Å². The van der Waals surface area contributed by atoms with Crippen molar-refractivity contribution in [3.63, 3.8) is 0 Å². The molecule has 1 aliphatic heterocycles. The summed E-state index contributed by atoms with van der Waals surface area (Å²) in [5, 5.41) is 0. The van der Waals surface area contributed by atoms with Crippen LogP contribution in [0.3, 0.4) is 0 Å². The fraction of sp³-hybridized carbons (Fsp3) is 0.462. The van der Waals surface area contributed by atoms with Gasteiger partial charge in [0.05, 0.1) is 18.3 Å². The van der Waals surface area contributed by atoms with Crippen LogP contribution in [-0.4, -0.2) is 42.6 Å². The Balaban J connectivity index is 2.12. The van der Waals surface area contributed by atoms with Crippen LogP contribution in [0, 0.1) is 5.82 Å². The standard InChI is InChI=1S/C13H17FN2O2/c1-9(15)12-8-16(6-7-18-12)13(17)10-4-2-3-5-11(10)14/h2-5,9,12H,6-8,15H2,1H3. The summed E-state index contributed by atoms with van der Waals surface area (Å²) in [6.45, 7) is 3.15. The number of morpholine rings is 1. The van der Waals surface area contributed by atoms with Gasteiger partial charge in [-0.25, -0.2) is 4.39 Å². The molecule has 2 unspecified atom stereocenters. The SMILES string of the molecule is CC(N)C1CN(C(=O)c2ccccc2F)CCO1. The number of carbonyl (C=O) groups is 1. The largest absolute Gasteiger partial charge is 0.373 e. The quantitative estimate of drug-likeness (QED) is 0.854. The fourth-order valence-electron chi connectivity index (χ4n) is 1.98. The second kappa shape index (κ2) is 5.46. The van der Waals surface area contributed by atoms with Crippen LogP contribution in [0.5, 0.6) is 0 Å². The van der Waals surface area contributed by atoms with Gasteiger partial charge in [0.1, 0.15) is 5.82 Å². The molecule has 18 heavy (non-hydrogen) atoms.